The maximum Gasteiger partial charge on any atom is 0.209 e. The zero-order chi connectivity index (χ0) is 14.1. The molecule has 0 saturated carbocycles. The van der Waals surface area contributed by atoms with E-state index in [1.807, 2.05) is 0 Å². The zero-order valence-electron chi connectivity index (χ0n) is 10.4. The van der Waals surface area contributed by atoms with Crippen molar-refractivity contribution < 1.29 is 23.0 Å². The van der Waals surface area contributed by atoms with Crippen molar-refractivity contribution in [2.75, 3.05) is 25.2 Å². The minimum atomic E-state index is -3.30. The van der Waals surface area contributed by atoms with Gasteiger partial charge >= 0.3 is 0 Å². The Kier molecular flexibility index (Phi) is 4.32. The van der Waals surface area contributed by atoms with Crippen LogP contribution in [0.15, 0.2) is 28.7 Å². The highest BCUT2D eigenvalue weighted by molar-refractivity contribution is 9.10. The Morgan fingerprint density at radius 3 is 2.53 bits per heavy atom. The lowest BCUT2D eigenvalue weighted by molar-refractivity contribution is -0.162. The number of halogens is 1. The first-order valence-corrected chi connectivity index (χ1v) is 8.56. The quantitative estimate of drug-likeness (QED) is 0.878. The van der Waals surface area contributed by atoms with E-state index in [9.17, 15) is 8.42 Å². The van der Waals surface area contributed by atoms with Gasteiger partial charge < -0.3 is 14.6 Å². The molecule has 1 aliphatic heterocycles. The highest BCUT2D eigenvalue weighted by atomic mass is 79.9. The monoisotopic (exact) mass is 350 g/mol. The number of hydrogen-bond acceptors (Lipinski definition) is 5. The summed E-state index contributed by atoms with van der Waals surface area (Å²) in [5.41, 5.74) is 0.622. The second kappa shape index (κ2) is 5.49. The Balaban J connectivity index is 2.37. The molecule has 1 saturated heterocycles. The molecule has 2 rings (SSSR count). The molecule has 1 heterocycles. The summed E-state index contributed by atoms with van der Waals surface area (Å²) in [5, 5.41) is 9.13. The molecular weight excluding hydrogens is 336 g/mol. The van der Waals surface area contributed by atoms with Crippen molar-refractivity contribution in [3.8, 4) is 0 Å². The van der Waals surface area contributed by atoms with Crippen LogP contribution in [-0.2, 0) is 25.1 Å². The molecule has 1 aromatic carbocycles. The van der Waals surface area contributed by atoms with E-state index in [0.29, 0.717) is 5.56 Å². The predicted molar refractivity (Wildman–Crippen MR) is 73.4 cm³/mol. The fraction of sp³-hybridized carbons (Fsp3) is 0.500. The van der Waals surface area contributed by atoms with Crippen LogP contribution in [0.3, 0.4) is 0 Å². The molecule has 0 aliphatic carbocycles. The van der Waals surface area contributed by atoms with Gasteiger partial charge in [0.15, 0.2) is 9.84 Å². The number of benzene rings is 1. The third-order valence-electron chi connectivity index (χ3n) is 2.80. The van der Waals surface area contributed by atoms with Gasteiger partial charge in [0, 0.05) is 16.3 Å². The fourth-order valence-corrected chi connectivity index (χ4v) is 3.29. The Morgan fingerprint density at radius 2 is 2.05 bits per heavy atom. The van der Waals surface area contributed by atoms with Crippen LogP contribution in [-0.4, -0.2) is 44.9 Å². The maximum absolute atomic E-state index is 11.6. The average Bonchev–Trinajstić information content (AvgIpc) is 2.72. The molecule has 2 atom stereocenters. The number of ether oxygens (including phenoxy) is 2. The summed E-state index contributed by atoms with van der Waals surface area (Å²) in [7, 11) is -3.30. The van der Waals surface area contributed by atoms with E-state index >= 15 is 0 Å². The van der Waals surface area contributed by atoms with Gasteiger partial charge in [-0.1, -0.05) is 28.1 Å². The summed E-state index contributed by atoms with van der Waals surface area (Å²) in [5.74, 6) is -1.61. The van der Waals surface area contributed by atoms with Crippen LogP contribution < -0.4 is 0 Å². The Hall–Kier alpha value is -0.470. The van der Waals surface area contributed by atoms with Crippen LogP contribution in [0.2, 0.25) is 0 Å². The predicted octanol–water partition coefficient (Wildman–Crippen LogP) is 1.05. The third-order valence-corrected chi connectivity index (χ3v) is 4.23. The van der Waals surface area contributed by atoms with E-state index in [2.05, 4.69) is 15.9 Å². The number of hydrogen-bond donors (Lipinski definition) is 1. The molecule has 1 aromatic rings. The van der Waals surface area contributed by atoms with Gasteiger partial charge in [-0.3, -0.25) is 0 Å². The van der Waals surface area contributed by atoms with E-state index in [-0.39, 0.29) is 19.0 Å². The standard InChI is InChI=1S/C12H15BrO5S/c1-19(15,16)8-12(17-7-11(6-14)18-12)9-2-4-10(13)5-3-9/h2-5,11,14H,6-8H2,1H3/t11-,12+/m0/s1. The van der Waals surface area contributed by atoms with Gasteiger partial charge in [-0.2, -0.15) is 0 Å². The first kappa shape index (κ1) is 14.9. The average molecular weight is 351 g/mol. The van der Waals surface area contributed by atoms with Crippen LogP contribution in [0, 0.1) is 0 Å². The van der Waals surface area contributed by atoms with Gasteiger partial charge in [0.25, 0.3) is 0 Å². The molecule has 5 nitrogen and oxygen atoms in total. The minimum Gasteiger partial charge on any atom is -0.394 e. The lowest BCUT2D eigenvalue weighted by Crippen LogP contribution is -2.36. The maximum atomic E-state index is 11.6. The summed E-state index contributed by atoms with van der Waals surface area (Å²) in [6.07, 6.45) is 0.623. The molecule has 1 N–H and O–H groups in total. The van der Waals surface area contributed by atoms with E-state index in [4.69, 9.17) is 14.6 Å². The zero-order valence-corrected chi connectivity index (χ0v) is 12.8. The molecular formula is C12H15BrO5S. The summed E-state index contributed by atoms with van der Waals surface area (Å²) < 4.78 is 35.3. The van der Waals surface area contributed by atoms with Crippen LogP contribution in [0.4, 0.5) is 0 Å². The number of aliphatic hydroxyl groups excluding tert-OH is 1. The van der Waals surface area contributed by atoms with Crippen LogP contribution in [0.1, 0.15) is 5.56 Å². The fourth-order valence-electron chi connectivity index (χ4n) is 2.01. The number of aliphatic hydroxyl groups is 1. The second-order valence-electron chi connectivity index (χ2n) is 4.56. The Morgan fingerprint density at radius 1 is 1.42 bits per heavy atom. The molecule has 0 amide bonds. The molecule has 0 bridgehead atoms. The summed E-state index contributed by atoms with van der Waals surface area (Å²) in [6.45, 7) is -0.0376. The summed E-state index contributed by atoms with van der Waals surface area (Å²) >= 11 is 3.32. The first-order valence-electron chi connectivity index (χ1n) is 5.71. The van der Waals surface area contributed by atoms with E-state index in [1.54, 1.807) is 24.3 Å². The summed E-state index contributed by atoms with van der Waals surface area (Å²) in [4.78, 5) is 0. The Labute approximate surface area is 120 Å². The smallest absolute Gasteiger partial charge is 0.209 e. The molecule has 106 valence electrons. The van der Waals surface area contributed by atoms with Crippen molar-refractivity contribution in [1.29, 1.82) is 0 Å². The molecule has 0 spiro atoms. The van der Waals surface area contributed by atoms with Gasteiger partial charge in [-0.05, 0) is 12.1 Å². The van der Waals surface area contributed by atoms with Crippen molar-refractivity contribution >= 4 is 25.8 Å². The van der Waals surface area contributed by atoms with Crippen molar-refractivity contribution in [3.63, 3.8) is 0 Å². The topological polar surface area (TPSA) is 72.8 Å². The first-order chi connectivity index (χ1) is 8.85. The van der Waals surface area contributed by atoms with Crippen molar-refractivity contribution in [1.82, 2.24) is 0 Å². The molecule has 1 aliphatic rings. The normalized spacial score (nSPS) is 27.6. The van der Waals surface area contributed by atoms with Gasteiger partial charge in [0.2, 0.25) is 5.79 Å². The molecule has 0 radical (unpaired) electrons. The van der Waals surface area contributed by atoms with Gasteiger partial charge in [-0.15, -0.1) is 0 Å². The van der Waals surface area contributed by atoms with Gasteiger partial charge in [-0.25, -0.2) is 8.42 Å². The lowest BCUT2D eigenvalue weighted by Gasteiger charge is -2.27. The number of sulfone groups is 1. The SMILES string of the molecule is CS(=O)(=O)C[C@@]1(c2ccc(Br)cc2)OC[C@H](CO)O1. The molecule has 1 fully saturated rings. The molecule has 0 unspecified atom stereocenters. The van der Waals surface area contributed by atoms with Crippen molar-refractivity contribution in [2.24, 2.45) is 0 Å². The van der Waals surface area contributed by atoms with Crippen LogP contribution in [0.25, 0.3) is 0 Å². The summed E-state index contributed by atoms with van der Waals surface area (Å²) in [6, 6.07) is 7.07. The van der Waals surface area contributed by atoms with E-state index in [0.717, 1.165) is 10.7 Å². The van der Waals surface area contributed by atoms with Crippen molar-refractivity contribution in [3.05, 3.63) is 34.3 Å². The van der Waals surface area contributed by atoms with Gasteiger partial charge in [0.1, 0.15) is 11.9 Å². The number of rotatable bonds is 4. The molecule has 0 aromatic heterocycles. The highest BCUT2D eigenvalue weighted by Gasteiger charge is 2.45. The largest absolute Gasteiger partial charge is 0.394 e. The third kappa shape index (κ3) is 3.55. The Bertz CT molecular complexity index is 542. The lowest BCUT2D eigenvalue weighted by atomic mass is 10.1. The minimum absolute atomic E-state index is 0.169. The van der Waals surface area contributed by atoms with Gasteiger partial charge in [0.05, 0.1) is 13.2 Å². The highest BCUT2D eigenvalue weighted by Crippen LogP contribution is 2.36. The van der Waals surface area contributed by atoms with E-state index < -0.39 is 21.7 Å². The van der Waals surface area contributed by atoms with E-state index in [1.165, 1.54) is 0 Å². The van der Waals surface area contributed by atoms with Crippen LogP contribution >= 0.6 is 15.9 Å². The van der Waals surface area contributed by atoms with Crippen molar-refractivity contribution in [2.45, 2.75) is 11.9 Å². The molecule has 7 heteroatoms. The van der Waals surface area contributed by atoms with Crippen LogP contribution in [0.5, 0.6) is 0 Å². The molecule has 19 heavy (non-hydrogen) atoms. The second-order valence-corrected chi connectivity index (χ2v) is 7.62.